The molecule has 0 radical (unpaired) electrons. The summed E-state index contributed by atoms with van der Waals surface area (Å²) in [4.78, 5) is 72.5. The van der Waals surface area contributed by atoms with Crippen LogP contribution in [0.25, 0.3) is 0 Å². The fraction of sp³-hybridized carbons (Fsp3) is 0.451. The number of nitrogens with zero attached hydrogens (tertiary/aromatic N) is 9. The van der Waals surface area contributed by atoms with Crippen LogP contribution < -0.4 is 20.9 Å². The quantitative estimate of drug-likeness (QED) is 0.123. The summed E-state index contributed by atoms with van der Waals surface area (Å²) in [7, 11) is 0. The lowest BCUT2D eigenvalue weighted by Gasteiger charge is -2.49. The highest BCUT2D eigenvalue weighted by atomic mass is 32.1. The van der Waals surface area contributed by atoms with Gasteiger partial charge in [0.2, 0.25) is 11.8 Å². The Morgan fingerprint density at radius 1 is 0.775 bits per heavy atom. The second-order valence-electron chi connectivity index (χ2n) is 19.4. The average molecular weight is 988 g/mol. The molecule has 5 unspecified atom stereocenters. The smallest absolute Gasteiger partial charge is 0.323 e. The number of carbonyl (C=O) groups is 4. The standard InChI is InChI=1S/C51H61N11O8S/c1-31-23-59(24-39(31)43-54-50(70-28-37-12-8-35(22-53)9-13-37)62(56-43)46(64)41-29-68-26-32(41)2)47(65)42(58-15-17-67-18-16-58)20-51(4,5)48(66)60-25-40(33(60)3)44-55-49(61(57-44)45(63)38-14-19-71-30-38)69-27-36-10-6-34(21-52)7-11-36/h6-14,19,26,29-31,33,39-40,42H,15-18,20-25,27-28,52-53H2,1-5H3. The van der Waals surface area contributed by atoms with Crippen molar-refractivity contribution >= 4 is 35.0 Å². The summed E-state index contributed by atoms with van der Waals surface area (Å²) in [6.07, 6.45) is 3.14. The summed E-state index contributed by atoms with van der Waals surface area (Å²) in [6.45, 7) is 13.8. The second-order valence-corrected chi connectivity index (χ2v) is 20.2. The molecular weight excluding hydrogens is 927 g/mol. The molecule has 3 aliphatic heterocycles. The van der Waals surface area contributed by atoms with E-state index in [-0.39, 0.29) is 73.2 Å². The van der Waals surface area contributed by atoms with Gasteiger partial charge in [0.1, 0.15) is 19.5 Å². The molecule has 20 heteroatoms. The molecule has 5 atom stereocenters. The van der Waals surface area contributed by atoms with Crippen LogP contribution in [0.15, 0.2) is 82.3 Å². The van der Waals surface area contributed by atoms with Gasteiger partial charge in [0.15, 0.2) is 11.6 Å². The summed E-state index contributed by atoms with van der Waals surface area (Å²) in [5, 5.41) is 13.0. The topological polar surface area (TPSA) is 232 Å². The first-order valence-corrected chi connectivity index (χ1v) is 25.0. The van der Waals surface area contributed by atoms with E-state index in [2.05, 4.69) is 10.00 Å². The molecule has 71 heavy (non-hydrogen) atoms. The number of thiophene rings is 1. The van der Waals surface area contributed by atoms with E-state index < -0.39 is 17.4 Å². The molecule has 0 spiro atoms. The van der Waals surface area contributed by atoms with Crippen molar-refractivity contribution in [2.75, 3.05) is 45.9 Å². The van der Waals surface area contributed by atoms with Gasteiger partial charge in [-0.05, 0) is 59.9 Å². The van der Waals surface area contributed by atoms with Gasteiger partial charge in [-0.3, -0.25) is 24.1 Å². The van der Waals surface area contributed by atoms with Crippen LogP contribution in [0.5, 0.6) is 12.0 Å². The number of aromatic nitrogens is 6. The van der Waals surface area contributed by atoms with Crippen molar-refractivity contribution in [2.24, 2.45) is 22.8 Å². The Balaban J connectivity index is 0.898. The third-order valence-electron chi connectivity index (χ3n) is 14.0. The van der Waals surface area contributed by atoms with Crippen molar-refractivity contribution in [3.05, 3.63) is 128 Å². The van der Waals surface area contributed by atoms with E-state index in [9.17, 15) is 19.2 Å². The lowest BCUT2D eigenvalue weighted by atomic mass is 9.79. The number of likely N-dealkylation sites (tertiary alicyclic amines) is 2. The molecule has 3 fully saturated rings. The Hall–Kier alpha value is -6.58. The van der Waals surface area contributed by atoms with Crippen LogP contribution in [0.2, 0.25) is 0 Å². The predicted octanol–water partition coefficient (Wildman–Crippen LogP) is 4.98. The number of nitrogens with two attached hydrogens (primary N) is 2. The van der Waals surface area contributed by atoms with E-state index in [1.165, 1.54) is 33.2 Å². The minimum atomic E-state index is -0.958. The van der Waals surface area contributed by atoms with Crippen LogP contribution in [0, 0.1) is 18.3 Å². The minimum absolute atomic E-state index is 0.0362. The molecule has 6 aromatic rings. The van der Waals surface area contributed by atoms with Crippen molar-refractivity contribution in [1.29, 1.82) is 0 Å². The first-order chi connectivity index (χ1) is 34.2. The first-order valence-electron chi connectivity index (χ1n) is 24.0. The van der Waals surface area contributed by atoms with E-state index in [1.807, 2.05) is 91.4 Å². The van der Waals surface area contributed by atoms with Crippen molar-refractivity contribution in [3.63, 3.8) is 0 Å². The molecule has 3 aliphatic rings. The van der Waals surface area contributed by atoms with Gasteiger partial charge in [-0.15, -0.1) is 19.6 Å². The lowest BCUT2D eigenvalue weighted by Crippen LogP contribution is -2.60. The number of hydrogen-bond acceptors (Lipinski definition) is 16. The minimum Gasteiger partial charge on any atom is -0.471 e. The molecule has 19 nitrogen and oxygen atoms in total. The predicted molar refractivity (Wildman–Crippen MR) is 262 cm³/mol. The number of amides is 2. The SMILES string of the molecule is Cc1cocc1C(=O)n1nc(C2CN(C(=O)C(CC(C)(C)C(=O)N3CC(c4nc(OCc5ccc(CN)cc5)n(C(=O)c5ccsc5)n4)C3C)N3CCOCC3)CC2C)nc1OCc1ccc(CN)cc1. The molecule has 2 amide bonds. The molecule has 374 valence electrons. The normalized spacial score (nSPS) is 19.9. The number of furan rings is 1. The van der Waals surface area contributed by atoms with E-state index in [0.29, 0.717) is 87.4 Å². The molecule has 4 N–H and O–H groups in total. The van der Waals surface area contributed by atoms with Gasteiger partial charge < -0.3 is 39.9 Å². The van der Waals surface area contributed by atoms with Gasteiger partial charge in [0, 0.05) is 74.1 Å². The molecule has 7 heterocycles. The molecule has 4 aromatic heterocycles. The van der Waals surface area contributed by atoms with Crippen LogP contribution in [-0.4, -0.2) is 126 Å². The van der Waals surface area contributed by atoms with Crippen LogP contribution in [0.4, 0.5) is 0 Å². The van der Waals surface area contributed by atoms with Crippen LogP contribution in [-0.2, 0) is 40.6 Å². The fourth-order valence-electron chi connectivity index (χ4n) is 9.52. The zero-order valence-corrected chi connectivity index (χ0v) is 41.5. The number of rotatable bonds is 17. The third kappa shape index (κ3) is 10.4. The summed E-state index contributed by atoms with van der Waals surface area (Å²) in [5.41, 5.74) is 15.8. The van der Waals surface area contributed by atoms with E-state index in [0.717, 1.165) is 22.3 Å². The maximum atomic E-state index is 15.0. The molecule has 9 rings (SSSR count). The number of carbonyl (C=O) groups excluding carboxylic acids is 4. The molecule has 0 aliphatic carbocycles. The van der Waals surface area contributed by atoms with Crippen LogP contribution in [0.3, 0.4) is 0 Å². The monoisotopic (exact) mass is 987 g/mol. The number of morpholine rings is 1. The third-order valence-corrected chi connectivity index (χ3v) is 14.7. The molecule has 0 saturated carbocycles. The van der Waals surface area contributed by atoms with Gasteiger partial charge in [-0.1, -0.05) is 69.3 Å². The lowest BCUT2D eigenvalue weighted by molar-refractivity contribution is -0.152. The number of hydrogen-bond donors (Lipinski definition) is 2. The molecule has 0 bridgehead atoms. The summed E-state index contributed by atoms with van der Waals surface area (Å²) in [5.74, 6) is -0.835. The Kier molecular flexibility index (Phi) is 14.6. The Bertz CT molecular complexity index is 2830. The van der Waals surface area contributed by atoms with Crippen LogP contribution >= 0.6 is 11.3 Å². The molecule has 2 aromatic carbocycles. The average Bonchev–Trinajstić information content (AvgIpc) is 4.26. The van der Waals surface area contributed by atoms with Crippen molar-refractivity contribution in [2.45, 2.75) is 91.3 Å². The number of aryl methyl sites for hydroxylation is 1. The Labute approximate surface area is 416 Å². The molecular formula is C51H61N11O8S. The largest absolute Gasteiger partial charge is 0.471 e. The Morgan fingerprint density at radius 2 is 1.35 bits per heavy atom. The van der Waals surface area contributed by atoms with Gasteiger partial charge in [0.05, 0.1) is 42.6 Å². The Morgan fingerprint density at radius 3 is 1.89 bits per heavy atom. The fourth-order valence-corrected chi connectivity index (χ4v) is 10.2. The number of ether oxygens (including phenoxy) is 3. The van der Waals surface area contributed by atoms with Crippen molar-refractivity contribution in [3.8, 4) is 12.0 Å². The van der Waals surface area contributed by atoms with Crippen molar-refractivity contribution < 1.29 is 37.8 Å². The van der Waals surface area contributed by atoms with Crippen LogP contribution in [0.1, 0.15) is 106 Å². The summed E-state index contributed by atoms with van der Waals surface area (Å²) >= 11 is 1.41. The summed E-state index contributed by atoms with van der Waals surface area (Å²) < 4.78 is 25.7. The van der Waals surface area contributed by atoms with E-state index in [1.54, 1.807) is 18.4 Å². The van der Waals surface area contributed by atoms with E-state index >= 15 is 0 Å². The highest BCUT2D eigenvalue weighted by molar-refractivity contribution is 7.08. The van der Waals surface area contributed by atoms with Gasteiger partial charge in [-0.25, -0.2) is 0 Å². The highest BCUT2D eigenvalue weighted by Crippen LogP contribution is 2.40. The first kappa shape index (κ1) is 49.4. The zero-order chi connectivity index (χ0) is 50.0. The maximum absolute atomic E-state index is 15.0. The maximum Gasteiger partial charge on any atom is 0.323 e. The molecule has 3 saturated heterocycles. The van der Waals surface area contributed by atoms with Gasteiger partial charge in [-0.2, -0.15) is 21.3 Å². The van der Waals surface area contributed by atoms with Gasteiger partial charge in [0.25, 0.3) is 11.8 Å². The number of benzene rings is 2. The van der Waals surface area contributed by atoms with E-state index in [4.69, 9.17) is 45.2 Å². The van der Waals surface area contributed by atoms with Crippen molar-refractivity contribution in [1.82, 2.24) is 44.2 Å². The highest BCUT2D eigenvalue weighted by Gasteiger charge is 2.49. The summed E-state index contributed by atoms with van der Waals surface area (Å²) in [6, 6.07) is 16.3. The zero-order valence-electron chi connectivity index (χ0n) is 40.7. The second kappa shape index (κ2) is 21.0. The van der Waals surface area contributed by atoms with Gasteiger partial charge >= 0.3 is 12.0 Å².